The minimum Gasteiger partial charge on any atom is -0.391 e. The van der Waals surface area contributed by atoms with Crippen molar-refractivity contribution in [1.29, 1.82) is 0 Å². The van der Waals surface area contributed by atoms with Crippen molar-refractivity contribution >= 4 is 23.2 Å². The quantitative estimate of drug-likeness (QED) is 0.608. The van der Waals surface area contributed by atoms with Gasteiger partial charge in [-0.3, -0.25) is 9.59 Å². The Hall–Kier alpha value is -1.40. The second kappa shape index (κ2) is 9.52. The Bertz CT molecular complexity index is 432. The highest BCUT2D eigenvalue weighted by molar-refractivity contribution is 7.12. The van der Waals surface area contributed by atoms with Gasteiger partial charge in [0.05, 0.1) is 11.0 Å². The summed E-state index contributed by atoms with van der Waals surface area (Å²) in [6.45, 7) is 4.82. The number of thiophene rings is 1. The molecule has 0 aliphatic heterocycles. The highest BCUT2D eigenvalue weighted by Gasteiger charge is 2.09. The number of hydrogen-bond donors (Lipinski definition) is 3. The summed E-state index contributed by atoms with van der Waals surface area (Å²) in [5.41, 5.74) is 0. The maximum absolute atomic E-state index is 11.6. The molecule has 1 unspecified atom stereocenters. The molecule has 1 rings (SSSR count). The van der Waals surface area contributed by atoms with Crippen molar-refractivity contribution in [3.8, 4) is 0 Å². The van der Waals surface area contributed by atoms with Crippen molar-refractivity contribution in [3.63, 3.8) is 0 Å². The van der Waals surface area contributed by atoms with E-state index in [2.05, 4.69) is 10.6 Å². The summed E-state index contributed by atoms with van der Waals surface area (Å²) in [4.78, 5) is 23.9. The predicted octanol–water partition coefficient (Wildman–Crippen LogP) is 1.78. The van der Waals surface area contributed by atoms with Crippen molar-refractivity contribution < 1.29 is 14.7 Å². The van der Waals surface area contributed by atoms with E-state index in [1.807, 2.05) is 25.3 Å². The first-order valence-corrected chi connectivity index (χ1v) is 8.13. The van der Waals surface area contributed by atoms with Crippen LogP contribution < -0.4 is 10.6 Å². The van der Waals surface area contributed by atoms with E-state index < -0.39 is 6.10 Å². The third-order valence-electron chi connectivity index (χ3n) is 2.89. The predicted molar refractivity (Wildman–Crippen MR) is 84.4 cm³/mol. The standard InChI is InChI=1S/C15H24N2O3S/c1-11(2)9-12(18)10-17-14(19)6-3-7-16-15(20)13-5-4-8-21-13/h4-5,8,11-12,18H,3,6-7,9-10H2,1-2H3,(H,16,20)(H,17,19). The molecule has 6 heteroatoms. The van der Waals surface area contributed by atoms with Crippen LogP contribution in [0.5, 0.6) is 0 Å². The molecule has 0 aliphatic rings. The summed E-state index contributed by atoms with van der Waals surface area (Å²) in [6.07, 6.45) is 1.12. The highest BCUT2D eigenvalue weighted by atomic mass is 32.1. The Labute approximate surface area is 129 Å². The smallest absolute Gasteiger partial charge is 0.261 e. The number of carbonyl (C=O) groups excluding carboxylic acids is 2. The lowest BCUT2D eigenvalue weighted by molar-refractivity contribution is -0.121. The van der Waals surface area contributed by atoms with Crippen molar-refractivity contribution in [1.82, 2.24) is 10.6 Å². The number of rotatable bonds is 9. The van der Waals surface area contributed by atoms with Gasteiger partial charge in [-0.1, -0.05) is 19.9 Å². The fourth-order valence-electron chi connectivity index (χ4n) is 1.89. The molecule has 1 aromatic rings. The molecule has 0 saturated heterocycles. The average molecular weight is 312 g/mol. The molecule has 3 N–H and O–H groups in total. The van der Waals surface area contributed by atoms with Crippen molar-refractivity contribution in [2.24, 2.45) is 5.92 Å². The summed E-state index contributed by atoms with van der Waals surface area (Å²) in [7, 11) is 0. The van der Waals surface area contributed by atoms with E-state index >= 15 is 0 Å². The summed E-state index contributed by atoms with van der Waals surface area (Å²) in [5, 5.41) is 17.0. The van der Waals surface area contributed by atoms with Gasteiger partial charge in [-0.25, -0.2) is 0 Å². The molecule has 0 fully saturated rings. The van der Waals surface area contributed by atoms with Gasteiger partial charge in [0.15, 0.2) is 0 Å². The maximum atomic E-state index is 11.6. The second-order valence-corrected chi connectivity index (χ2v) is 6.37. The molecule has 0 aliphatic carbocycles. The van der Waals surface area contributed by atoms with Gasteiger partial charge in [0, 0.05) is 19.5 Å². The average Bonchev–Trinajstić information content (AvgIpc) is 2.94. The van der Waals surface area contributed by atoms with Crippen molar-refractivity contribution in [2.75, 3.05) is 13.1 Å². The van der Waals surface area contributed by atoms with Crippen LogP contribution in [0.4, 0.5) is 0 Å². The molecule has 118 valence electrons. The largest absolute Gasteiger partial charge is 0.391 e. The lowest BCUT2D eigenvalue weighted by Crippen LogP contribution is -2.33. The van der Waals surface area contributed by atoms with Gasteiger partial charge in [0.2, 0.25) is 5.91 Å². The van der Waals surface area contributed by atoms with Crippen LogP contribution in [0.3, 0.4) is 0 Å². The van der Waals surface area contributed by atoms with Crippen molar-refractivity contribution in [2.45, 2.75) is 39.2 Å². The van der Waals surface area contributed by atoms with Crippen LogP contribution >= 0.6 is 11.3 Å². The van der Waals surface area contributed by atoms with Crippen LogP contribution in [0.1, 0.15) is 42.8 Å². The SMILES string of the molecule is CC(C)CC(O)CNC(=O)CCCNC(=O)c1cccs1. The number of hydrogen-bond acceptors (Lipinski definition) is 4. The van der Waals surface area contributed by atoms with Crippen LogP contribution in [0.15, 0.2) is 17.5 Å². The first-order chi connectivity index (χ1) is 9.99. The van der Waals surface area contributed by atoms with Gasteiger partial charge in [0.25, 0.3) is 5.91 Å². The van der Waals surface area contributed by atoms with Gasteiger partial charge >= 0.3 is 0 Å². The van der Waals surface area contributed by atoms with E-state index in [1.54, 1.807) is 6.07 Å². The fourth-order valence-corrected chi connectivity index (χ4v) is 2.53. The molecular weight excluding hydrogens is 288 g/mol. The molecular formula is C15H24N2O3S. The summed E-state index contributed by atoms with van der Waals surface area (Å²) in [5.74, 6) is 0.213. The first-order valence-electron chi connectivity index (χ1n) is 7.25. The molecule has 0 bridgehead atoms. The number of aliphatic hydroxyl groups is 1. The van der Waals surface area contributed by atoms with Gasteiger partial charge in [-0.05, 0) is 30.2 Å². The Morgan fingerprint density at radius 1 is 1.33 bits per heavy atom. The van der Waals surface area contributed by atoms with Gasteiger partial charge in [-0.2, -0.15) is 0 Å². The van der Waals surface area contributed by atoms with Crippen LogP contribution in [-0.4, -0.2) is 36.1 Å². The first kappa shape index (κ1) is 17.7. The molecule has 21 heavy (non-hydrogen) atoms. The molecule has 5 nitrogen and oxygen atoms in total. The summed E-state index contributed by atoms with van der Waals surface area (Å²) >= 11 is 1.39. The third-order valence-corrected chi connectivity index (χ3v) is 3.76. The molecule has 1 aromatic heterocycles. The van der Waals surface area contributed by atoms with Crippen LogP contribution in [-0.2, 0) is 4.79 Å². The van der Waals surface area contributed by atoms with E-state index in [0.717, 1.165) is 0 Å². The molecule has 1 atom stereocenters. The molecule has 0 aromatic carbocycles. The van der Waals surface area contributed by atoms with Gasteiger partial charge in [0.1, 0.15) is 0 Å². The lowest BCUT2D eigenvalue weighted by atomic mass is 10.1. The minimum absolute atomic E-state index is 0.0943. The van der Waals surface area contributed by atoms with E-state index in [1.165, 1.54) is 11.3 Å². The molecule has 0 spiro atoms. The Morgan fingerprint density at radius 2 is 2.10 bits per heavy atom. The minimum atomic E-state index is -0.493. The Morgan fingerprint density at radius 3 is 2.71 bits per heavy atom. The fraction of sp³-hybridized carbons (Fsp3) is 0.600. The van der Waals surface area contributed by atoms with E-state index in [0.29, 0.717) is 43.1 Å². The van der Waals surface area contributed by atoms with Crippen LogP contribution in [0, 0.1) is 5.92 Å². The summed E-state index contributed by atoms with van der Waals surface area (Å²) < 4.78 is 0. The Kier molecular flexibility index (Phi) is 8.00. The number of carbonyl (C=O) groups is 2. The summed E-state index contributed by atoms with van der Waals surface area (Å²) in [6, 6.07) is 3.60. The number of aliphatic hydroxyl groups excluding tert-OH is 1. The third kappa shape index (κ3) is 7.82. The van der Waals surface area contributed by atoms with Crippen LogP contribution in [0.25, 0.3) is 0 Å². The van der Waals surface area contributed by atoms with Gasteiger partial charge in [-0.15, -0.1) is 11.3 Å². The topological polar surface area (TPSA) is 78.4 Å². The molecule has 2 amide bonds. The van der Waals surface area contributed by atoms with Gasteiger partial charge < -0.3 is 15.7 Å². The molecule has 1 heterocycles. The maximum Gasteiger partial charge on any atom is 0.261 e. The van der Waals surface area contributed by atoms with Crippen LogP contribution in [0.2, 0.25) is 0 Å². The van der Waals surface area contributed by atoms with Crippen molar-refractivity contribution in [3.05, 3.63) is 22.4 Å². The second-order valence-electron chi connectivity index (χ2n) is 5.42. The number of amides is 2. The van der Waals surface area contributed by atoms with E-state index in [-0.39, 0.29) is 11.8 Å². The van der Waals surface area contributed by atoms with E-state index in [9.17, 15) is 14.7 Å². The normalized spacial score (nSPS) is 12.2. The lowest BCUT2D eigenvalue weighted by Gasteiger charge is -2.13. The Balaban J connectivity index is 2.07. The monoisotopic (exact) mass is 312 g/mol. The zero-order valence-electron chi connectivity index (χ0n) is 12.6. The number of nitrogens with one attached hydrogen (secondary N) is 2. The highest BCUT2D eigenvalue weighted by Crippen LogP contribution is 2.07. The zero-order valence-corrected chi connectivity index (χ0v) is 13.4. The molecule has 0 radical (unpaired) electrons. The van der Waals surface area contributed by atoms with E-state index in [4.69, 9.17) is 0 Å². The zero-order chi connectivity index (χ0) is 15.7. The molecule has 0 saturated carbocycles.